The summed E-state index contributed by atoms with van der Waals surface area (Å²) in [6, 6.07) is 2.17. The molecular formula is C14H21N5OS2. The van der Waals surface area contributed by atoms with Gasteiger partial charge in [-0.15, -0.1) is 16.8 Å². The fourth-order valence-electron chi connectivity index (χ4n) is 1.35. The van der Waals surface area contributed by atoms with Crippen LogP contribution in [0.2, 0.25) is 0 Å². The monoisotopic (exact) mass is 339 g/mol. The topological polar surface area (TPSA) is 90.7 Å². The molecule has 0 aliphatic heterocycles. The number of aromatic nitrogens is 2. The molecule has 1 aromatic rings. The quantitative estimate of drug-likeness (QED) is 0.559. The van der Waals surface area contributed by atoms with Gasteiger partial charge in [-0.1, -0.05) is 43.0 Å². The number of rotatable bonds is 8. The molecule has 2 N–H and O–H groups in total. The van der Waals surface area contributed by atoms with Crippen LogP contribution in [0, 0.1) is 17.2 Å². The molecule has 1 heterocycles. The van der Waals surface area contributed by atoms with Crippen molar-refractivity contribution >= 4 is 34.1 Å². The second-order valence-corrected chi connectivity index (χ2v) is 7.83. The number of anilines is 1. The van der Waals surface area contributed by atoms with Gasteiger partial charge in [-0.05, 0) is 19.8 Å². The van der Waals surface area contributed by atoms with Crippen molar-refractivity contribution in [2.45, 2.75) is 42.8 Å². The van der Waals surface area contributed by atoms with Crippen molar-refractivity contribution in [1.29, 1.82) is 5.26 Å². The van der Waals surface area contributed by atoms with Gasteiger partial charge in [0, 0.05) is 6.54 Å². The Hall–Kier alpha value is -1.59. The van der Waals surface area contributed by atoms with Gasteiger partial charge in [-0.2, -0.15) is 5.26 Å². The number of carbonyl (C=O) groups excluding carboxylic acids is 1. The molecule has 0 spiro atoms. The molecule has 0 fully saturated rings. The van der Waals surface area contributed by atoms with E-state index >= 15 is 0 Å². The van der Waals surface area contributed by atoms with Crippen LogP contribution in [0.3, 0.4) is 0 Å². The number of carbonyl (C=O) groups is 1. The average Bonchev–Trinajstić information content (AvgIpc) is 2.92. The minimum atomic E-state index is -0.871. The van der Waals surface area contributed by atoms with Crippen molar-refractivity contribution in [3.05, 3.63) is 12.7 Å². The van der Waals surface area contributed by atoms with Gasteiger partial charge >= 0.3 is 0 Å². The van der Waals surface area contributed by atoms with E-state index in [2.05, 4.69) is 33.5 Å². The zero-order valence-corrected chi connectivity index (χ0v) is 14.8. The second-order valence-electron chi connectivity index (χ2n) is 5.26. The highest BCUT2D eigenvalue weighted by atomic mass is 32.2. The molecule has 8 heteroatoms. The third kappa shape index (κ3) is 5.00. The van der Waals surface area contributed by atoms with Gasteiger partial charge in [0.1, 0.15) is 5.54 Å². The molecule has 22 heavy (non-hydrogen) atoms. The Bertz CT molecular complexity index is 566. The molecule has 120 valence electrons. The third-order valence-corrected chi connectivity index (χ3v) is 5.29. The Morgan fingerprint density at radius 3 is 2.77 bits per heavy atom. The molecule has 0 unspecified atom stereocenters. The largest absolute Gasteiger partial charge is 0.357 e. The molecule has 0 radical (unpaired) electrons. The standard InChI is InChI=1S/C14H21N5OS2/c1-6-7-16-12-18-19-13(22-12)21-10(4)11(20)17-14(5,8-15)9(2)3/h6,9-10H,1,7H2,2-5H3,(H,16,18)(H,17,20)/t10-,14-/m1/s1. The molecule has 0 aliphatic rings. The van der Waals surface area contributed by atoms with E-state index in [9.17, 15) is 10.1 Å². The predicted molar refractivity (Wildman–Crippen MR) is 90.9 cm³/mol. The summed E-state index contributed by atoms with van der Waals surface area (Å²) >= 11 is 2.71. The summed E-state index contributed by atoms with van der Waals surface area (Å²) in [6.07, 6.45) is 1.74. The Balaban J connectivity index is 2.63. The Morgan fingerprint density at radius 2 is 2.23 bits per heavy atom. The molecule has 0 saturated carbocycles. The van der Waals surface area contributed by atoms with E-state index in [-0.39, 0.29) is 17.1 Å². The van der Waals surface area contributed by atoms with Crippen LogP contribution in [0.5, 0.6) is 0 Å². The smallest absolute Gasteiger partial charge is 0.234 e. The first-order valence-corrected chi connectivity index (χ1v) is 8.60. The van der Waals surface area contributed by atoms with Gasteiger partial charge < -0.3 is 10.6 Å². The first-order valence-electron chi connectivity index (χ1n) is 6.90. The van der Waals surface area contributed by atoms with Crippen molar-refractivity contribution in [1.82, 2.24) is 15.5 Å². The van der Waals surface area contributed by atoms with Crippen molar-refractivity contribution in [3.8, 4) is 6.07 Å². The zero-order valence-electron chi connectivity index (χ0n) is 13.2. The van der Waals surface area contributed by atoms with Gasteiger partial charge in [-0.25, -0.2) is 0 Å². The lowest BCUT2D eigenvalue weighted by Crippen LogP contribution is -2.51. The maximum atomic E-state index is 12.2. The van der Waals surface area contributed by atoms with E-state index in [0.717, 1.165) is 0 Å². The van der Waals surface area contributed by atoms with Crippen molar-refractivity contribution in [2.24, 2.45) is 5.92 Å². The first-order chi connectivity index (χ1) is 10.3. The number of nitriles is 1. The highest BCUT2D eigenvalue weighted by Gasteiger charge is 2.32. The van der Waals surface area contributed by atoms with Gasteiger partial charge in [-0.3, -0.25) is 4.79 Å². The molecule has 2 atom stereocenters. The van der Waals surface area contributed by atoms with Crippen LogP contribution in [0.25, 0.3) is 0 Å². The van der Waals surface area contributed by atoms with E-state index < -0.39 is 5.54 Å². The lowest BCUT2D eigenvalue weighted by atomic mass is 9.90. The molecule has 6 nitrogen and oxygen atoms in total. The van der Waals surface area contributed by atoms with Gasteiger partial charge in [0.15, 0.2) is 4.34 Å². The van der Waals surface area contributed by atoms with Crippen molar-refractivity contribution < 1.29 is 4.79 Å². The Labute approximate surface area is 139 Å². The fraction of sp³-hybridized carbons (Fsp3) is 0.571. The Kier molecular flexibility index (Phi) is 6.84. The maximum Gasteiger partial charge on any atom is 0.234 e. The lowest BCUT2D eigenvalue weighted by Gasteiger charge is -2.28. The maximum absolute atomic E-state index is 12.2. The van der Waals surface area contributed by atoms with Gasteiger partial charge in [0.25, 0.3) is 0 Å². The molecular weight excluding hydrogens is 318 g/mol. The fourth-order valence-corrected chi connectivity index (χ4v) is 3.25. The highest BCUT2D eigenvalue weighted by Crippen LogP contribution is 2.29. The number of amides is 1. The van der Waals surface area contributed by atoms with E-state index in [1.807, 2.05) is 13.8 Å². The van der Waals surface area contributed by atoms with Crippen LogP contribution in [0.4, 0.5) is 5.13 Å². The summed E-state index contributed by atoms with van der Waals surface area (Å²) < 4.78 is 0.706. The average molecular weight is 339 g/mol. The minimum absolute atomic E-state index is 0.0230. The third-order valence-electron chi connectivity index (χ3n) is 3.22. The molecule has 1 aromatic heterocycles. The van der Waals surface area contributed by atoms with Crippen LogP contribution in [0.1, 0.15) is 27.7 Å². The second kappa shape index (κ2) is 8.15. The molecule has 1 rings (SSSR count). The number of thioether (sulfide) groups is 1. The number of nitrogens with zero attached hydrogens (tertiary/aromatic N) is 3. The van der Waals surface area contributed by atoms with Crippen molar-refractivity contribution in [2.75, 3.05) is 11.9 Å². The highest BCUT2D eigenvalue weighted by molar-refractivity contribution is 8.02. The summed E-state index contributed by atoms with van der Waals surface area (Å²) in [5.41, 5.74) is -0.871. The van der Waals surface area contributed by atoms with E-state index in [4.69, 9.17) is 0 Å². The molecule has 1 amide bonds. The zero-order chi connectivity index (χ0) is 16.8. The SMILES string of the molecule is C=CCNc1nnc(S[C@H](C)C(=O)N[C@](C)(C#N)C(C)C)s1. The number of hydrogen-bond donors (Lipinski definition) is 2. The van der Waals surface area contributed by atoms with Gasteiger partial charge in [0.05, 0.1) is 11.3 Å². The summed E-state index contributed by atoms with van der Waals surface area (Å²) in [4.78, 5) is 12.2. The molecule has 0 bridgehead atoms. The first kappa shape index (κ1) is 18.5. The summed E-state index contributed by atoms with van der Waals surface area (Å²) in [5, 5.41) is 23.5. The van der Waals surface area contributed by atoms with Crippen LogP contribution in [-0.4, -0.2) is 33.4 Å². The number of nitrogens with one attached hydrogen (secondary N) is 2. The summed E-state index contributed by atoms with van der Waals surface area (Å²) in [6.45, 7) is 11.6. The van der Waals surface area contributed by atoms with E-state index in [1.54, 1.807) is 19.9 Å². The number of hydrogen-bond acceptors (Lipinski definition) is 7. The van der Waals surface area contributed by atoms with Crippen molar-refractivity contribution in [3.63, 3.8) is 0 Å². The van der Waals surface area contributed by atoms with Crippen LogP contribution >= 0.6 is 23.1 Å². The minimum Gasteiger partial charge on any atom is -0.357 e. The van der Waals surface area contributed by atoms with Gasteiger partial charge in [0.2, 0.25) is 11.0 Å². The lowest BCUT2D eigenvalue weighted by molar-refractivity contribution is -0.121. The van der Waals surface area contributed by atoms with Crippen LogP contribution in [-0.2, 0) is 4.79 Å². The molecule has 0 saturated heterocycles. The summed E-state index contributed by atoms with van der Waals surface area (Å²) in [7, 11) is 0. The molecule has 0 aromatic carbocycles. The van der Waals surface area contributed by atoms with E-state index in [1.165, 1.54) is 23.1 Å². The predicted octanol–water partition coefficient (Wildman–Crippen LogP) is 2.67. The van der Waals surface area contributed by atoms with E-state index in [0.29, 0.717) is 16.0 Å². The Morgan fingerprint density at radius 1 is 1.55 bits per heavy atom. The summed E-state index contributed by atoms with van der Waals surface area (Å²) in [5.74, 6) is -0.159. The van der Waals surface area contributed by atoms with Crippen LogP contribution in [0.15, 0.2) is 17.0 Å². The molecule has 0 aliphatic carbocycles. The van der Waals surface area contributed by atoms with Crippen LogP contribution < -0.4 is 10.6 Å². The normalized spacial score (nSPS) is 14.7.